The Hall–Kier alpha value is 0.270. The average Bonchev–Trinajstić information content (AvgIpc) is 2.10. The fraction of sp³-hybridized carbons (Fsp3) is 1.00. The van der Waals surface area contributed by atoms with E-state index in [1.165, 1.54) is 25.0 Å². The van der Waals surface area contributed by atoms with Crippen LogP contribution in [0.1, 0.15) is 25.7 Å². The number of nitrogens with one attached hydrogen (secondary N) is 1. The molecular weight excluding hydrogens is 170 g/mol. The zero-order valence-corrected chi connectivity index (χ0v) is 8.83. The molecular formula is C9H21NOS. The number of rotatable bonds is 9. The van der Waals surface area contributed by atoms with Crippen LogP contribution in [0.15, 0.2) is 0 Å². The normalized spacial score (nSPS) is 10.5. The molecule has 0 bridgehead atoms. The molecule has 0 saturated heterocycles. The third-order valence-corrected chi connectivity index (χ3v) is 2.41. The highest BCUT2D eigenvalue weighted by molar-refractivity contribution is 7.98. The van der Waals surface area contributed by atoms with Gasteiger partial charge in [-0.15, -0.1) is 0 Å². The van der Waals surface area contributed by atoms with Crippen molar-refractivity contribution in [1.82, 2.24) is 5.32 Å². The minimum absolute atomic E-state index is 0.305. The highest BCUT2D eigenvalue weighted by Crippen LogP contribution is 2.00. The van der Waals surface area contributed by atoms with Gasteiger partial charge in [-0.05, 0) is 44.4 Å². The van der Waals surface area contributed by atoms with Gasteiger partial charge in [0.15, 0.2) is 0 Å². The molecule has 0 aromatic carbocycles. The standard InChI is InChI=1S/C9H21NOS/c1-12-9-4-2-3-6-10-7-5-8-11/h10-11H,2-9H2,1H3. The third kappa shape index (κ3) is 10.3. The van der Waals surface area contributed by atoms with E-state index >= 15 is 0 Å². The highest BCUT2D eigenvalue weighted by atomic mass is 32.2. The van der Waals surface area contributed by atoms with Gasteiger partial charge < -0.3 is 10.4 Å². The van der Waals surface area contributed by atoms with Crippen molar-refractivity contribution in [3.05, 3.63) is 0 Å². The maximum Gasteiger partial charge on any atom is 0.0443 e. The number of unbranched alkanes of at least 4 members (excludes halogenated alkanes) is 2. The van der Waals surface area contributed by atoms with E-state index < -0.39 is 0 Å². The largest absolute Gasteiger partial charge is 0.396 e. The first-order valence-corrected chi connectivity index (χ1v) is 6.11. The maximum atomic E-state index is 8.50. The van der Waals surface area contributed by atoms with Gasteiger partial charge in [-0.2, -0.15) is 11.8 Å². The average molecular weight is 191 g/mol. The molecule has 12 heavy (non-hydrogen) atoms. The minimum atomic E-state index is 0.305. The van der Waals surface area contributed by atoms with Gasteiger partial charge in [-0.25, -0.2) is 0 Å². The molecule has 3 heteroatoms. The number of aliphatic hydroxyl groups excluding tert-OH is 1. The quantitative estimate of drug-likeness (QED) is 0.542. The zero-order chi connectivity index (χ0) is 9.07. The summed E-state index contributed by atoms with van der Waals surface area (Å²) in [5.41, 5.74) is 0. The molecule has 0 spiro atoms. The Morgan fingerprint density at radius 1 is 1.08 bits per heavy atom. The van der Waals surface area contributed by atoms with Crippen molar-refractivity contribution in [2.24, 2.45) is 0 Å². The smallest absolute Gasteiger partial charge is 0.0443 e. The van der Waals surface area contributed by atoms with Gasteiger partial charge in [-0.3, -0.25) is 0 Å². The second-order valence-corrected chi connectivity index (χ2v) is 3.87. The lowest BCUT2D eigenvalue weighted by Crippen LogP contribution is -2.17. The van der Waals surface area contributed by atoms with Crippen molar-refractivity contribution in [2.45, 2.75) is 25.7 Å². The van der Waals surface area contributed by atoms with Crippen LogP contribution in [0.5, 0.6) is 0 Å². The number of hydrogen-bond acceptors (Lipinski definition) is 3. The van der Waals surface area contributed by atoms with E-state index in [1.54, 1.807) is 0 Å². The number of thioether (sulfide) groups is 1. The molecule has 0 atom stereocenters. The zero-order valence-electron chi connectivity index (χ0n) is 8.01. The molecule has 0 aromatic heterocycles. The van der Waals surface area contributed by atoms with Crippen molar-refractivity contribution < 1.29 is 5.11 Å². The van der Waals surface area contributed by atoms with Crippen LogP contribution in [0, 0.1) is 0 Å². The number of hydrogen-bond donors (Lipinski definition) is 2. The molecule has 0 aliphatic rings. The second-order valence-electron chi connectivity index (χ2n) is 2.88. The Labute approximate surface area is 80.1 Å². The van der Waals surface area contributed by atoms with Gasteiger partial charge in [-0.1, -0.05) is 6.42 Å². The van der Waals surface area contributed by atoms with Crippen molar-refractivity contribution in [3.63, 3.8) is 0 Å². The van der Waals surface area contributed by atoms with E-state index in [2.05, 4.69) is 11.6 Å². The highest BCUT2D eigenvalue weighted by Gasteiger charge is 1.88. The molecule has 2 nitrogen and oxygen atoms in total. The summed E-state index contributed by atoms with van der Waals surface area (Å²) in [7, 11) is 0. The van der Waals surface area contributed by atoms with E-state index in [4.69, 9.17) is 5.11 Å². The van der Waals surface area contributed by atoms with E-state index in [0.29, 0.717) is 6.61 Å². The molecule has 0 aromatic rings. The summed E-state index contributed by atoms with van der Waals surface area (Å²) in [5.74, 6) is 1.29. The maximum absolute atomic E-state index is 8.50. The molecule has 0 rings (SSSR count). The predicted octanol–water partition coefficient (Wildman–Crippen LogP) is 1.49. The molecule has 0 aliphatic heterocycles. The van der Waals surface area contributed by atoms with E-state index in [9.17, 15) is 0 Å². The van der Waals surface area contributed by atoms with Crippen LogP contribution in [-0.2, 0) is 0 Å². The van der Waals surface area contributed by atoms with Crippen LogP contribution in [0.2, 0.25) is 0 Å². The summed E-state index contributed by atoms with van der Waals surface area (Å²) in [6.07, 6.45) is 6.96. The summed E-state index contributed by atoms with van der Waals surface area (Å²) < 4.78 is 0. The van der Waals surface area contributed by atoms with Crippen LogP contribution in [0.4, 0.5) is 0 Å². The van der Waals surface area contributed by atoms with E-state index in [-0.39, 0.29) is 0 Å². The predicted molar refractivity (Wildman–Crippen MR) is 56.8 cm³/mol. The Balaban J connectivity index is 2.73. The molecule has 0 fully saturated rings. The summed E-state index contributed by atoms with van der Waals surface area (Å²) in [6, 6.07) is 0. The SMILES string of the molecule is CSCCCCCNCCCO. The molecule has 74 valence electrons. The minimum Gasteiger partial charge on any atom is -0.396 e. The Kier molecular flexibility index (Phi) is 11.5. The fourth-order valence-electron chi connectivity index (χ4n) is 1.00. The van der Waals surface area contributed by atoms with Gasteiger partial charge >= 0.3 is 0 Å². The van der Waals surface area contributed by atoms with E-state index in [1.807, 2.05) is 11.8 Å². The van der Waals surface area contributed by atoms with Gasteiger partial charge in [0.1, 0.15) is 0 Å². The van der Waals surface area contributed by atoms with Gasteiger partial charge in [0, 0.05) is 6.61 Å². The Morgan fingerprint density at radius 2 is 1.83 bits per heavy atom. The van der Waals surface area contributed by atoms with Crippen molar-refractivity contribution in [3.8, 4) is 0 Å². The summed E-state index contributed by atoms with van der Waals surface area (Å²) in [6.45, 7) is 2.37. The van der Waals surface area contributed by atoms with Crippen LogP contribution >= 0.6 is 11.8 Å². The van der Waals surface area contributed by atoms with E-state index in [0.717, 1.165) is 19.5 Å². The Bertz CT molecular complexity index is 70.9. The lowest BCUT2D eigenvalue weighted by Gasteiger charge is -2.02. The summed E-state index contributed by atoms with van der Waals surface area (Å²) in [5, 5.41) is 11.8. The lowest BCUT2D eigenvalue weighted by atomic mass is 10.2. The molecule has 0 amide bonds. The molecule has 0 unspecified atom stereocenters. The van der Waals surface area contributed by atoms with Crippen molar-refractivity contribution in [1.29, 1.82) is 0 Å². The van der Waals surface area contributed by atoms with Crippen LogP contribution in [-0.4, -0.2) is 36.8 Å². The van der Waals surface area contributed by atoms with Gasteiger partial charge in [0.2, 0.25) is 0 Å². The molecule has 0 heterocycles. The summed E-state index contributed by atoms with van der Waals surface area (Å²) in [4.78, 5) is 0. The second kappa shape index (κ2) is 11.3. The first-order valence-electron chi connectivity index (χ1n) is 4.72. The van der Waals surface area contributed by atoms with Crippen LogP contribution < -0.4 is 5.32 Å². The van der Waals surface area contributed by atoms with Gasteiger partial charge in [0.05, 0.1) is 0 Å². The fourth-order valence-corrected chi connectivity index (χ4v) is 1.50. The first kappa shape index (κ1) is 12.3. The van der Waals surface area contributed by atoms with Crippen LogP contribution in [0.3, 0.4) is 0 Å². The summed E-state index contributed by atoms with van der Waals surface area (Å²) >= 11 is 1.92. The molecule has 0 saturated carbocycles. The first-order chi connectivity index (χ1) is 5.91. The number of aliphatic hydroxyl groups is 1. The Morgan fingerprint density at radius 3 is 2.50 bits per heavy atom. The molecule has 0 radical (unpaired) electrons. The molecule has 2 N–H and O–H groups in total. The van der Waals surface area contributed by atoms with Crippen molar-refractivity contribution in [2.75, 3.05) is 31.7 Å². The topological polar surface area (TPSA) is 32.3 Å². The van der Waals surface area contributed by atoms with Gasteiger partial charge in [0.25, 0.3) is 0 Å². The third-order valence-electron chi connectivity index (χ3n) is 1.71. The monoisotopic (exact) mass is 191 g/mol. The van der Waals surface area contributed by atoms with Crippen molar-refractivity contribution >= 4 is 11.8 Å². The lowest BCUT2D eigenvalue weighted by molar-refractivity contribution is 0.286. The molecule has 0 aliphatic carbocycles. The van der Waals surface area contributed by atoms with Crippen LogP contribution in [0.25, 0.3) is 0 Å².